The van der Waals surface area contributed by atoms with Crippen LogP contribution in [0.2, 0.25) is 0 Å². The molecule has 0 atom stereocenters. The maximum Gasteiger partial charge on any atom is 0.432 e. The number of aromatic amines is 1. The van der Waals surface area contributed by atoms with Crippen LogP contribution in [0.25, 0.3) is 0 Å². The summed E-state index contributed by atoms with van der Waals surface area (Å²) < 4.78 is 86.6. The van der Waals surface area contributed by atoms with Gasteiger partial charge in [-0.2, -0.15) is 26.3 Å². The number of alkyl halides is 6. The van der Waals surface area contributed by atoms with Gasteiger partial charge < -0.3 is 14.5 Å². The lowest BCUT2D eigenvalue weighted by Gasteiger charge is -2.17. The SMILES string of the molecule is CCOC(=O)c1c(C(F)(F)F)[nH]c(C(F)(F)F)c(C(=O)OCC)c1=O. The summed E-state index contributed by atoms with van der Waals surface area (Å²) in [5, 5.41) is 0. The maximum atomic E-state index is 13.0. The maximum absolute atomic E-state index is 13.0. The van der Waals surface area contributed by atoms with Crippen LogP contribution in [0.3, 0.4) is 0 Å². The van der Waals surface area contributed by atoms with Gasteiger partial charge in [-0.1, -0.05) is 0 Å². The number of rotatable bonds is 4. The zero-order chi connectivity index (χ0) is 19.6. The first-order valence-electron chi connectivity index (χ1n) is 6.65. The van der Waals surface area contributed by atoms with Crippen LogP contribution in [0.5, 0.6) is 0 Å². The van der Waals surface area contributed by atoms with E-state index in [1.54, 1.807) is 0 Å². The number of ether oxygens (including phenoxy) is 2. The van der Waals surface area contributed by atoms with Crippen LogP contribution in [0.1, 0.15) is 46.0 Å². The molecule has 0 saturated heterocycles. The molecule has 0 aliphatic rings. The minimum absolute atomic E-state index is 0.453. The molecule has 0 radical (unpaired) electrons. The Morgan fingerprint density at radius 3 is 1.40 bits per heavy atom. The third-order valence-electron chi connectivity index (χ3n) is 2.73. The van der Waals surface area contributed by atoms with Crippen molar-refractivity contribution in [3.63, 3.8) is 0 Å². The summed E-state index contributed by atoms with van der Waals surface area (Å²) in [6.07, 6.45) is -11.0. The topological polar surface area (TPSA) is 85.5 Å². The van der Waals surface area contributed by atoms with Gasteiger partial charge in [0.25, 0.3) is 0 Å². The molecule has 1 N–H and O–H groups in total. The van der Waals surface area contributed by atoms with Crippen LogP contribution in [-0.2, 0) is 21.8 Å². The molecule has 6 nitrogen and oxygen atoms in total. The molecule has 1 aromatic rings. The molecule has 12 heteroatoms. The summed E-state index contributed by atoms with van der Waals surface area (Å²) in [5.41, 5.74) is -10.1. The second-order valence-electron chi connectivity index (χ2n) is 4.39. The van der Waals surface area contributed by atoms with Crippen LogP contribution >= 0.6 is 0 Å². The smallest absolute Gasteiger partial charge is 0.432 e. The van der Waals surface area contributed by atoms with Crippen molar-refractivity contribution in [2.45, 2.75) is 26.2 Å². The number of hydrogen-bond acceptors (Lipinski definition) is 5. The van der Waals surface area contributed by atoms with E-state index in [4.69, 9.17) is 0 Å². The van der Waals surface area contributed by atoms with Crippen molar-refractivity contribution < 1.29 is 45.4 Å². The highest BCUT2D eigenvalue weighted by Crippen LogP contribution is 2.35. The molecule has 0 saturated carbocycles. The Kier molecular flexibility index (Phi) is 5.87. The molecule has 0 fully saturated rings. The van der Waals surface area contributed by atoms with E-state index in [9.17, 15) is 40.7 Å². The van der Waals surface area contributed by atoms with Gasteiger partial charge in [0.2, 0.25) is 5.43 Å². The summed E-state index contributed by atoms with van der Waals surface area (Å²) in [4.78, 5) is 36.3. The van der Waals surface area contributed by atoms with Crippen molar-refractivity contribution >= 4 is 11.9 Å². The largest absolute Gasteiger partial charge is 0.462 e. The molecule has 1 heterocycles. The van der Waals surface area contributed by atoms with Crippen molar-refractivity contribution in [1.82, 2.24) is 4.98 Å². The van der Waals surface area contributed by atoms with Crippen LogP contribution in [-0.4, -0.2) is 30.1 Å². The molecule has 0 aliphatic carbocycles. The van der Waals surface area contributed by atoms with E-state index >= 15 is 0 Å². The highest BCUT2D eigenvalue weighted by Gasteiger charge is 2.46. The Labute approximate surface area is 135 Å². The molecule has 0 amide bonds. The van der Waals surface area contributed by atoms with E-state index < -0.39 is 65.4 Å². The molecule has 0 aromatic carbocycles. The van der Waals surface area contributed by atoms with Crippen LogP contribution in [0.4, 0.5) is 26.3 Å². The number of pyridine rings is 1. The van der Waals surface area contributed by atoms with Gasteiger partial charge in [-0.15, -0.1) is 0 Å². The predicted molar refractivity (Wildman–Crippen MR) is 69.0 cm³/mol. The normalized spacial score (nSPS) is 12.0. The minimum atomic E-state index is -5.52. The fourth-order valence-electron chi connectivity index (χ4n) is 1.82. The van der Waals surface area contributed by atoms with Gasteiger partial charge in [-0.3, -0.25) is 4.79 Å². The van der Waals surface area contributed by atoms with Gasteiger partial charge in [0.15, 0.2) is 0 Å². The number of H-pyrrole nitrogens is 1. The van der Waals surface area contributed by atoms with Crippen LogP contribution in [0.15, 0.2) is 4.79 Å². The van der Waals surface area contributed by atoms with E-state index in [-0.39, 0.29) is 0 Å². The van der Waals surface area contributed by atoms with Crippen molar-refractivity contribution in [2.24, 2.45) is 0 Å². The third kappa shape index (κ3) is 4.31. The van der Waals surface area contributed by atoms with Gasteiger partial charge in [0.1, 0.15) is 22.5 Å². The van der Waals surface area contributed by atoms with E-state index in [1.165, 1.54) is 13.8 Å². The van der Waals surface area contributed by atoms with Crippen LogP contribution < -0.4 is 5.43 Å². The molecule has 0 bridgehead atoms. The van der Waals surface area contributed by atoms with Crippen molar-refractivity contribution in [1.29, 1.82) is 0 Å². The Balaban J connectivity index is 3.95. The highest BCUT2D eigenvalue weighted by atomic mass is 19.4. The number of nitrogens with one attached hydrogen (secondary N) is 1. The van der Waals surface area contributed by atoms with Gasteiger partial charge in [-0.25, -0.2) is 9.59 Å². The zero-order valence-corrected chi connectivity index (χ0v) is 12.7. The molecule has 1 rings (SSSR count). The zero-order valence-electron chi connectivity index (χ0n) is 12.7. The number of hydrogen-bond donors (Lipinski definition) is 1. The summed E-state index contributed by atoms with van der Waals surface area (Å²) in [5.74, 6) is -3.65. The Morgan fingerprint density at radius 2 is 1.16 bits per heavy atom. The summed E-state index contributed by atoms with van der Waals surface area (Å²) in [6.45, 7) is 1.50. The van der Waals surface area contributed by atoms with E-state index in [0.717, 1.165) is 4.98 Å². The van der Waals surface area contributed by atoms with Gasteiger partial charge in [0.05, 0.1) is 13.2 Å². The second-order valence-corrected chi connectivity index (χ2v) is 4.39. The molecule has 140 valence electrons. The summed E-state index contributed by atoms with van der Waals surface area (Å²) in [7, 11) is 0. The van der Waals surface area contributed by atoms with Crippen molar-refractivity contribution in [3.8, 4) is 0 Å². The lowest BCUT2D eigenvalue weighted by atomic mass is 10.1. The lowest BCUT2D eigenvalue weighted by Crippen LogP contribution is -2.34. The number of esters is 2. The Morgan fingerprint density at radius 1 is 0.840 bits per heavy atom. The first-order valence-corrected chi connectivity index (χ1v) is 6.65. The highest BCUT2D eigenvalue weighted by molar-refractivity contribution is 5.96. The molecule has 0 aliphatic heterocycles. The Hall–Kier alpha value is -2.53. The number of halogens is 6. The molecular weight excluding hydrogens is 364 g/mol. The fraction of sp³-hybridized carbons (Fsp3) is 0.462. The number of carbonyl (C=O) groups excluding carboxylic acids is 2. The summed E-state index contributed by atoms with van der Waals surface area (Å²) >= 11 is 0. The quantitative estimate of drug-likeness (QED) is 0.646. The number of carbonyl (C=O) groups is 2. The second kappa shape index (κ2) is 7.15. The molecule has 1 aromatic heterocycles. The van der Waals surface area contributed by atoms with Crippen molar-refractivity contribution in [2.75, 3.05) is 13.2 Å². The van der Waals surface area contributed by atoms with Gasteiger partial charge in [0, 0.05) is 0 Å². The first kappa shape index (κ1) is 20.5. The van der Waals surface area contributed by atoms with Gasteiger partial charge >= 0.3 is 24.3 Å². The molecule has 0 spiro atoms. The third-order valence-corrected chi connectivity index (χ3v) is 2.73. The van der Waals surface area contributed by atoms with Gasteiger partial charge in [-0.05, 0) is 13.8 Å². The standard InChI is InChI=1S/C13H11F6NO5/c1-3-24-10(22)5-7(21)6(11(23)25-4-2)9(13(17,18)19)20-8(5)12(14,15)16/h3-4H2,1-2H3,(H,20,21). The average molecular weight is 375 g/mol. The number of aromatic nitrogens is 1. The van der Waals surface area contributed by atoms with E-state index in [2.05, 4.69) is 9.47 Å². The van der Waals surface area contributed by atoms with Crippen molar-refractivity contribution in [3.05, 3.63) is 32.7 Å². The monoisotopic (exact) mass is 375 g/mol. The predicted octanol–water partition coefficient (Wildman–Crippen LogP) is 2.77. The molecule has 0 unspecified atom stereocenters. The molecule has 25 heavy (non-hydrogen) atoms. The summed E-state index contributed by atoms with van der Waals surface area (Å²) in [6, 6.07) is 0. The average Bonchev–Trinajstić information content (AvgIpc) is 2.44. The van der Waals surface area contributed by atoms with E-state index in [0.29, 0.717) is 0 Å². The minimum Gasteiger partial charge on any atom is -0.462 e. The molecular formula is C13H11F6NO5. The van der Waals surface area contributed by atoms with Crippen LogP contribution in [0, 0.1) is 0 Å². The first-order chi connectivity index (χ1) is 11.4. The lowest BCUT2D eigenvalue weighted by molar-refractivity contribution is -0.151. The van der Waals surface area contributed by atoms with E-state index in [1.807, 2.05) is 0 Å². The fourth-order valence-corrected chi connectivity index (χ4v) is 1.82. The Bertz CT molecular complexity index is 677.